The second-order valence-corrected chi connectivity index (χ2v) is 3.69. The molecule has 0 fully saturated rings. The van der Waals surface area contributed by atoms with Gasteiger partial charge in [0, 0.05) is 21.1 Å². The van der Waals surface area contributed by atoms with E-state index >= 15 is 0 Å². The van der Waals surface area contributed by atoms with Crippen LogP contribution in [0.2, 0.25) is 0 Å². The predicted octanol–water partition coefficient (Wildman–Crippen LogP) is 3.01. The van der Waals surface area contributed by atoms with E-state index in [0.717, 1.165) is 12.8 Å². The second kappa shape index (κ2) is 10.6. The molecule has 0 aliphatic rings. The molecule has 0 saturated heterocycles. The van der Waals surface area contributed by atoms with Gasteiger partial charge in [-0.3, -0.25) is 0 Å². The summed E-state index contributed by atoms with van der Waals surface area (Å²) in [5.41, 5.74) is 0. The van der Waals surface area contributed by atoms with Crippen molar-refractivity contribution in [1.82, 2.24) is 0 Å². The minimum absolute atomic E-state index is 0. The molecule has 0 amide bonds. The zero-order valence-electron chi connectivity index (χ0n) is 8.14. The Morgan fingerprint density at radius 3 is 2.46 bits per heavy atom. The first-order chi connectivity index (χ1) is 5.66. The van der Waals surface area contributed by atoms with E-state index in [9.17, 15) is 4.57 Å². The van der Waals surface area contributed by atoms with Gasteiger partial charge in [-0.1, -0.05) is 32.6 Å². The summed E-state index contributed by atoms with van der Waals surface area (Å²) in [6.45, 7) is 3.99. The van der Waals surface area contributed by atoms with Gasteiger partial charge in [0.05, 0.1) is 0 Å². The van der Waals surface area contributed by atoms with Gasteiger partial charge in [-0.25, -0.2) is 0 Å². The maximum absolute atomic E-state index is 10.2. The molecule has 0 radical (unpaired) electrons. The van der Waals surface area contributed by atoms with Crippen LogP contribution in [0.25, 0.3) is 0 Å². The third kappa shape index (κ3) is 12.5. The zero-order chi connectivity index (χ0) is 9.40. The molecule has 0 aromatic rings. The fourth-order valence-electron chi connectivity index (χ4n) is 1.07. The fourth-order valence-corrected chi connectivity index (χ4v) is 1.48. The normalized spacial score (nSPS) is 13.3. The third-order valence-corrected chi connectivity index (χ3v) is 2.27. The molecule has 82 valence electrons. The first kappa shape index (κ1) is 16.0. The van der Waals surface area contributed by atoms with E-state index in [0.29, 0.717) is 0 Å². The van der Waals surface area contributed by atoms with E-state index in [1.807, 2.05) is 6.92 Å². The minimum atomic E-state index is -2.41. The summed E-state index contributed by atoms with van der Waals surface area (Å²) in [5, 5.41) is 0. The Morgan fingerprint density at radius 1 is 1.38 bits per heavy atom. The van der Waals surface area contributed by atoms with Crippen molar-refractivity contribution >= 4 is 8.25 Å². The van der Waals surface area contributed by atoms with Gasteiger partial charge in [-0.2, -0.15) is 0 Å². The fraction of sp³-hybridized carbons (Fsp3) is 1.00. The van der Waals surface area contributed by atoms with E-state index in [-0.39, 0.29) is 22.6 Å². The van der Waals surface area contributed by atoms with Crippen LogP contribution in [0.3, 0.4) is 0 Å². The van der Waals surface area contributed by atoms with Crippen molar-refractivity contribution in [3.8, 4) is 0 Å². The van der Waals surface area contributed by atoms with Crippen LogP contribution in [0.1, 0.15) is 46.0 Å². The molecule has 0 saturated carbocycles. The van der Waals surface area contributed by atoms with Gasteiger partial charge in [0.1, 0.15) is 6.10 Å². The molecule has 2 atom stereocenters. The van der Waals surface area contributed by atoms with Crippen LogP contribution in [0.15, 0.2) is 0 Å². The molecule has 0 spiro atoms. The Balaban J connectivity index is 0. The van der Waals surface area contributed by atoms with Gasteiger partial charge in [0.2, 0.25) is 0 Å². The van der Waals surface area contributed by atoms with Crippen LogP contribution in [0.5, 0.6) is 0 Å². The topological polar surface area (TPSA) is 46.5 Å². The van der Waals surface area contributed by atoms with E-state index in [1.165, 1.54) is 19.3 Å². The first-order valence-corrected chi connectivity index (χ1v) is 5.62. The van der Waals surface area contributed by atoms with Crippen molar-refractivity contribution in [2.45, 2.75) is 52.1 Å². The summed E-state index contributed by atoms with van der Waals surface area (Å²) >= 11 is 0. The van der Waals surface area contributed by atoms with Crippen LogP contribution in [0, 0.1) is 0 Å². The number of hydrogen-bond donors (Lipinski definition) is 1. The van der Waals surface area contributed by atoms with Gasteiger partial charge in [0.15, 0.2) is 0 Å². The van der Waals surface area contributed by atoms with Crippen LogP contribution in [-0.2, 0) is 25.6 Å². The van der Waals surface area contributed by atoms with Gasteiger partial charge < -0.3 is 0 Å². The van der Waals surface area contributed by atoms with E-state index in [4.69, 9.17) is 9.42 Å². The van der Waals surface area contributed by atoms with Gasteiger partial charge in [-0.05, 0) is 13.3 Å². The van der Waals surface area contributed by atoms with Crippen LogP contribution in [0.4, 0.5) is 0 Å². The van der Waals surface area contributed by atoms with Crippen molar-refractivity contribution in [1.29, 1.82) is 0 Å². The van der Waals surface area contributed by atoms with Crippen molar-refractivity contribution in [3.05, 3.63) is 0 Å². The molecular formula is C8H18NiO3P+. The number of unbranched alkanes of at least 4 members (excludes halogenated alkanes) is 3. The molecule has 0 aliphatic carbocycles. The minimum Gasteiger partial charge on any atom is -0.133 e. The molecule has 13 heavy (non-hydrogen) atoms. The monoisotopic (exact) mass is 251 g/mol. The Labute approximate surface area is 91.1 Å². The Bertz CT molecular complexity index is 133. The van der Waals surface area contributed by atoms with Crippen LogP contribution >= 0.6 is 8.25 Å². The molecule has 1 N–H and O–H groups in total. The molecular weight excluding hydrogens is 234 g/mol. The smallest absolute Gasteiger partial charge is 0.133 e. The summed E-state index contributed by atoms with van der Waals surface area (Å²) < 4.78 is 14.9. The Kier molecular flexibility index (Phi) is 13.0. The quantitative estimate of drug-likeness (QED) is 0.430. The molecule has 0 bridgehead atoms. The largest absolute Gasteiger partial charge is 0.694 e. The van der Waals surface area contributed by atoms with Crippen molar-refractivity contribution in [2.75, 3.05) is 0 Å². The van der Waals surface area contributed by atoms with E-state index in [2.05, 4.69) is 6.92 Å². The second-order valence-electron chi connectivity index (χ2n) is 3.00. The summed E-state index contributed by atoms with van der Waals surface area (Å²) in [6.07, 6.45) is 5.50. The standard InChI is InChI=1S/C8H17O3P.Ni/c1-3-4-5-6-7-8(2)11-12(9)10;/h8H,3-7H2,1-2H3;/p+1. The average molecular weight is 252 g/mol. The van der Waals surface area contributed by atoms with Crippen LogP contribution < -0.4 is 0 Å². The molecule has 0 heterocycles. The van der Waals surface area contributed by atoms with E-state index < -0.39 is 8.25 Å². The Morgan fingerprint density at radius 2 is 2.00 bits per heavy atom. The predicted molar refractivity (Wildman–Crippen MR) is 49.1 cm³/mol. The molecule has 0 rings (SSSR count). The molecule has 3 nitrogen and oxygen atoms in total. The zero-order valence-corrected chi connectivity index (χ0v) is 10.0. The van der Waals surface area contributed by atoms with Gasteiger partial charge >= 0.3 is 8.25 Å². The third-order valence-electron chi connectivity index (χ3n) is 1.73. The summed E-state index contributed by atoms with van der Waals surface area (Å²) in [6, 6.07) is 0. The van der Waals surface area contributed by atoms with E-state index in [1.54, 1.807) is 0 Å². The summed E-state index contributed by atoms with van der Waals surface area (Å²) in [5.74, 6) is 0. The summed E-state index contributed by atoms with van der Waals surface area (Å²) in [4.78, 5) is 8.41. The number of hydrogen-bond acceptors (Lipinski definition) is 2. The van der Waals surface area contributed by atoms with Gasteiger partial charge in [0.25, 0.3) is 0 Å². The molecule has 0 aliphatic heterocycles. The molecule has 0 aromatic heterocycles. The molecule has 2 unspecified atom stereocenters. The summed E-state index contributed by atoms with van der Waals surface area (Å²) in [7, 11) is -2.41. The molecule has 0 aromatic carbocycles. The van der Waals surface area contributed by atoms with Crippen LogP contribution in [-0.4, -0.2) is 11.0 Å². The molecule has 5 heteroatoms. The maximum atomic E-state index is 10.2. The van der Waals surface area contributed by atoms with Gasteiger partial charge in [-0.15, -0.1) is 9.42 Å². The van der Waals surface area contributed by atoms with Crippen molar-refractivity contribution in [2.24, 2.45) is 0 Å². The maximum Gasteiger partial charge on any atom is 0.694 e. The van der Waals surface area contributed by atoms with Crippen molar-refractivity contribution in [3.63, 3.8) is 0 Å². The first-order valence-electron chi connectivity index (χ1n) is 4.49. The SMILES string of the molecule is CCCCCCC(C)O[P+](=O)O.[Ni]. The average Bonchev–Trinajstić information content (AvgIpc) is 1.97. The Hall–Kier alpha value is 0.514. The number of rotatable bonds is 7. The van der Waals surface area contributed by atoms with Crippen molar-refractivity contribution < 1.29 is 30.5 Å².